The molecule has 16 heavy (non-hydrogen) atoms. The number of benzene rings is 1. The van der Waals surface area contributed by atoms with E-state index >= 15 is 0 Å². The van der Waals surface area contributed by atoms with E-state index in [1.165, 1.54) is 18.2 Å². The van der Waals surface area contributed by atoms with Crippen LogP contribution in [-0.4, -0.2) is 15.4 Å². The van der Waals surface area contributed by atoms with Gasteiger partial charge in [-0.3, -0.25) is 0 Å². The first-order chi connectivity index (χ1) is 7.58. The molecule has 0 aliphatic carbocycles. The smallest absolute Gasteiger partial charge is 0.365 e. The van der Waals surface area contributed by atoms with Gasteiger partial charge in [0.2, 0.25) is 0 Å². The Bertz CT molecular complexity index is 650. The third kappa shape index (κ3) is 1.70. The van der Waals surface area contributed by atoms with E-state index in [-0.39, 0.29) is 16.7 Å². The number of hydrogen-bond acceptors (Lipinski definition) is 4. The Labute approximate surface area is 89.6 Å². The average molecular weight is 219 g/mol. The second-order valence-corrected chi connectivity index (χ2v) is 3.28. The van der Waals surface area contributed by atoms with Crippen LogP contribution in [-0.2, 0) is 0 Å². The summed E-state index contributed by atoms with van der Waals surface area (Å²) < 4.78 is 4.54. The second kappa shape index (κ2) is 3.62. The number of hydrogen-bond donors (Lipinski definition) is 3. The van der Waals surface area contributed by atoms with Crippen molar-refractivity contribution in [1.29, 1.82) is 0 Å². The molecule has 2 aromatic rings. The molecule has 0 unspecified atom stereocenters. The first-order valence-electron chi connectivity index (χ1n) is 4.48. The molecule has 0 spiro atoms. The number of H-pyrrole nitrogens is 1. The molecule has 3 N–H and O–H groups in total. The zero-order valence-electron chi connectivity index (χ0n) is 8.23. The number of aromatic nitrogens is 1. The van der Waals surface area contributed by atoms with E-state index in [1.54, 1.807) is 6.07 Å². The molecule has 1 heterocycles. The van der Waals surface area contributed by atoms with Gasteiger partial charge in [0.15, 0.2) is 11.5 Å². The van der Waals surface area contributed by atoms with Crippen molar-refractivity contribution >= 4 is 12.7 Å². The van der Waals surface area contributed by atoms with Crippen LogP contribution in [0.2, 0.25) is 0 Å². The van der Waals surface area contributed by atoms with Gasteiger partial charge in [0, 0.05) is 0 Å². The summed E-state index contributed by atoms with van der Waals surface area (Å²) in [5, 5.41) is 21.4. The SMILES string of the molecule is C=c1[nH]oc(=O)c1=Cc1ccc(O)c(O)c1. The summed E-state index contributed by atoms with van der Waals surface area (Å²) in [6, 6.07) is 4.22. The number of aromatic amines is 1. The molecule has 1 aromatic heterocycles. The number of aromatic hydroxyl groups is 2. The van der Waals surface area contributed by atoms with Crippen LogP contribution >= 0.6 is 0 Å². The quantitative estimate of drug-likeness (QED) is 0.570. The second-order valence-electron chi connectivity index (χ2n) is 3.28. The van der Waals surface area contributed by atoms with Crippen LogP contribution < -0.4 is 16.2 Å². The van der Waals surface area contributed by atoms with Crippen LogP contribution in [0.15, 0.2) is 27.5 Å². The standard InChI is InChI=1S/C11H9NO4/c1-6-8(11(15)16-12-6)4-7-2-3-9(13)10(14)5-7/h2-5,12-14H,1H2. The Morgan fingerprint density at radius 3 is 2.62 bits per heavy atom. The number of rotatable bonds is 1. The van der Waals surface area contributed by atoms with E-state index in [0.29, 0.717) is 10.9 Å². The molecular weight excluding hydrogens is 210 g/mol. The molecule has 0 amide bonds. The summed E-state index contributed by atoms with van der Waals surface area (Å²) in [4.78, 5) is 11.2. The maximum atomic E-state index is 11.2. The number of phenols is 2. The third-order valence-corrected chi connectivity index (χ3v) is 2.12. The van der Waals surface area contributed by atoms with Crippen LogP contribution in [0, 0.1) is 0 Å². The molecule has 5 nitrogen and oxygen atoms in total. The maximum Gasteiger partial charge on any atom is 0.365 e. The molecule has 0 saturated carbocycles. The van der Waals surface area contributed by atoms with Gasteiger partial charge in [-0.15, -0.1) is 0 Å². The molecule has 0 aliphatic rings. The van der Waals surface area contributed by atoms with Gasteiger partial charge in [-0.25, -0.2) is 9.95 Å². The molecule has 2 rings (SSSR count). The minimum Gasteiger partial charge on any atom is -0.504 e. The van der Waals surface area contributed by atoms with Crippen LogP contribution in [0.5, 0.6) is 11.5 Å². The fraction of sp³-hybridized carbons (Fsp3) is 0. The highest BCUT2D eigenvalue weighted by Gasteiger charge is 2.00. The summed E-state index contributed by atoms with van der Waals surface area (Å²) in [6.45, 7) is 3.59. The van der Waals surface area contributed by atoms with Crippen molar-refractivity contribution in [2.45, 2.75) is 0 Å². The van der Waals surface area contributed by atoms with Gasteiger partial charge in [0.05, 0.1) is 10.6 Å². The van der Waals surface area contributed by atoms with Crippen molar-refractivity contribution in [2.24, 2.45) is 0 Å². The van der Waals surface area contributed by atoms with E-state index in [1.807, 2.05) is 0 Å². The molecule has 82 valence electrons. The average Bonchev–Trinajstić information content (AvgIpc) is 2.55. The lowest BCUT2D eigenvalue weighted by Gasteiger charge is -1.97. The van der Waals surface area contributed by atoms with Crippen molar-refractivity contribution in [3.63, 3.8) is 0 Å². The monoisotopic (exact) mass is 219 g/mol. The van der Waals surface area contributed by atoms with Gasteiger partial charge in [0.1, 0.15) is 0 Å². The van der Waals surface area contributed by atoms with Gasteiger partial charge >= 0.3 is 5.63 Å². The fourth-order valence-electron chi connectivity index (χ4n) is 1.28. The topological polar surface area (TPSA) is 86.5 Å². The van der Waals surface area contributed by atoms with Crippen LogP contribution in [0.3, 0.4) is 0 Å². The van der Waals surface area contributed by atoms with Gasteiger partial charge < -0.3 is 14.7 Å². The van der Waals surface area contributed by atoms with Crippen molar-refractivity contribution in [3.05, 3.63) is 44.8 Å². The highest BCUT2D eigenvalue weighted by Crippen LogP contribution is 2.24. The molecule has 0 radical (unpaired) electrons. The van der Waals surface area contributed by atoms with Crippen LogP contribution in [0.4, 0.5) is 0 Å². The van der Waals surface area contributed by atoms with Crippen molar-refractivity contribution < 1.29 is 14.7 Å². The Kier molecular flexibility index (Phi) is 2.28. The lowest BCUT2D eigenvalue weighted by Crippen LogP contribution is -2.31. The lowest BCUT2D eigenvalue weighted by molar-refractivity contribution is 0.386. The molecule has 0 fully saturated rings. The summed E-state index contributed by atoms with van der Waals surface area (Å²) in [5.41, 5.74) is 0.0321. The minimum atomic E-state index is -0.530. The molecule has 5 heteroatoms. The maximum absolute atomic E-state index is 11.2. The Balaban J connectivity index is 2.64. The Morgan fingerprint density at radius 1 is 1.31 bits per heavy atom. The van der Waals surface area contributed by atoms with Gasteiger partial charge in [0.25, 0.3) is 0 Å². The highest BCUT2D eigenvalue weighted by molar-refractivity contribution is 5.54. The summed E-state index contributed by atoms with van der Waals surface area (Å²) in [7, 11) is 0. The van der Waals surface area contributed by atoms with Gasteiger partial charge in [-0.1, -0.05) is 12.6 Å². The van der Waals surface area contributed by atoms with E-state index in [0.717, 1.165) is 0 Å². The van der Waals surface area contributed by atoms with Crippen molar-refractivity contribution in [3.8, 4) is 11.5 Å². The zero-order valence-corrected chi connectivity index (χ0v) is 8.23. The molecule has 1 aromatic carbocycles. The number of phenolic OH excluding ortho intramolecular Hbond substituents is 2. The molecule has 0 bridgehead atoms. The van der Waals surface area contributed by atoms with Crippen LogP contribution in [0.1, 0.15) is 5.56 Å². The summed E-state index contributed by atoms with van der Waals surface area (Å²) >= 11 is 0. The molecule has 0 atom stereocenters. The predicted octanol–water partition coefficient (Wildman–Crippen LogP) is -0.382. The minimum absolute atomic E-state index is 0.215. The Hall–Kier alpha value is -2.43. The number of nitrogens with one attached hydrogen (secondary N) is 1. The normalized spacial score (nSPS) is 11.9. The highest BCUT2D eigenvalue weighted by atomic mass is 16.5. The van der Waals surface area contributed by atoms with E-state index in [4.69, 9.17) is 5.11 Å². The zero-order chi connectivity index (χ0) is 11.7. The Morgan fingerprint density at radius 2 is 2.06 bits per heavy atom. The molecule has 0 aliphatic heterocycles. The largest absolute Gasteiger partial charge is 0.504 e. The molecular formula is C11H9NO4. The van der Waals surface area contributed by atoms with Crippen LogP contribution in [0.25, 0.3) is 12.7 Å². The lowest BCUT2D eigenvalue weighted by atomic mass is 10.2. The third-order valence-electron chi connectivity index (χ3n) is 2.12. The van der Waals surface area contributed by atoms with E-state index in [2.05, 4.69) is 16.3 Å². The summed E-state index contributed by atoms with van der Waals surface area (Å²) in [5.74, 6) is -0.465. The first kappa shape index (κ1) is 10.1. The first-order valence-corrected chi connectivity index (χ1v) is 4.48. The van der Waals surface area contributed by atoms with Crippen molar-refractivity contribution in [1.82, 2.24) is 5.16 Å². The fourth-order valence-corrected chi connectivity index (χ4v) is 1.28. The van der Waals surface area contributed by atoms with E-state index in [9.17, 15) is 9.90 Å². The van der Waals surface area contributed by atoms with Gasteiger partial charge in [-0.05, 0) is 23.8 Å². The summed E-state index contributed by atoms with van der Waals surface area (Å²) in [6.07, 6.45) is 1.50. The van der Waals surface area contributed by atoms with E-state index < -0.39 is 5.63 Å². The predicted molar refractivity (Wildman–Crippen MR) is 57.4 cm³/mol. The van der Waals surface area contributed by atoms with Gasteiger partial charge in [-0.2, -0.15) is 0 Å². The van der Waals surface area contributed by atoms with Crippen molar-refractivity contribution in [2.75, 3.05) is 0 Å². The molecule has 0 saturated heterocycles.